The van der Waals surface area contributed by atoms with Crippen LogP contribution >= 0.6 is 0 Å². The van der Waals surface area contributed by atoms with E-state index >= 15 is 0 Å². The van der Waals surface area contributed by atoms with E-state index in [4.69, 9.17) is 42.6 Å². The average Bonchev–Trinajstić information content (AvgIpc) is 3.84. The van der Waals surface area contributed by atoms with Gasteiger partial charge in [-0.25, -0.2) is 0 Å². The zero-order valence-electron chi connectivity index (χ0n) is 37.4. The number of carboxylic acid groups (broad SMARTS) is 1. The lowest BCUT2D eigenvalue weighted by molar-refractivity contribution is -0.366. The molecule has 23 atom stereocenters. The number of carboxylic acids is 1. The molecular formula is C44H76O13. The molecule has 0 saturated carbocycles. The third kappa shape index (κ3) is 7.56. The molecular weight excluding hydrogens is 736 g/mol. The Labute approximate surface area is 341 Å². The normalized spacial score (nSPS) is 55.6. The van der Waals surface area contributed by atoms with Crippen LogP contribution < -0.4 is 0 Å². The number of aliphatic hydroxyl groups is 2. The predicted molar refractivity (Wildman–Crippen MR) is 210 cm³/mol. The number of carbonyl (C=O) groups is 1. The molecule has 0 aliphatic carbocycles. The molecule has 330 valence electrons. The lowest BCUT2D eigenvalue weighted by atomic mass is 9.71. The first-order valence-corrected chi connectivity index (χ1v) is 21.8. The molecule has 3 unspecified atom stereocenters. The number of ether oxygens (including phenoxy) is 9. The first-order chi connectivity index (χ1) is 26.4. The van der Waals surface area contributed by atoms with E-state index in [1.807, 2.05) is 20.8 Å². The summed E-state index contributed by atoms with van der Waals surface area (Å²) in [5.41, 5.74) is -1.27. The average molecular weight is 813 g/mol. The molecule has 0 aromatic rings. The van der Waals surface area contributed by atoms with Crippen LogP contribution in [0.25, 0.3) is 0 Å². The number of hydrogen-bond acceptors (Lipinski definition) is 12. The molecule has 6 rings (SSSR count). The molecule has 57 heavy (non-hydrogen) atoms. The van der Waals surface area contributed by atoms with Crippen molar-refractivity contribution >= 4 is 5.97 Å². The lowest BCUT2D eigenvalue weighted by Gasteiger charge is -2.55. The van der Waals surface area contributed by atoms with Crippen molar-refractivity contribution < 1.29 is 62.7 Å². The smallest absolute Gasteiger partial charge is 0.311 e. The Hall–Kier alpha value is -0.970. The van der Waals surface area contributed by atoms with Crippen LogP contribution in [0.15, 0.2) is 0 Å². The van der Waals surface area contributed by atoms with Crippen molar-refractivity contribution in [3.63, 3.8) is 0 Å². The summed E-state index contributed by atoms with van der Waals surface area (Å²) in [6, 6.07) is 0. The van der Waals surface area contributed by atoms with Crippen LogP contribution in [-0.2, 0) is 47.4 Å². The minimum Gasteiger partial charge on any atom is -0.481 e. The summed E-state index contributed by atoms with van der Waals surface area (Å²) >= 11 is 0. The van der Waals surface area contributed by atoms with Gasteiger partial charge in [-0.15, -0.1) is 0 Å². The number of rotatable bonds is 10. The van der Waals surface area contributed by atoms with E-state index < -0.39 is 64.7 Å². The molecule has 6 aliphatic rings. The van der Waals surface area contributed by atoms with Crippen LogP contribution in [0.1, 0.15) is 115 Å². The van der Waals surface area contributed by atoms with Crippen LogP contribution in [0.5, 0.6) is 0 Å². The maximum absolute atomic E-state index is 12.2. The second kappa shape index (κ2) is 16.1. The van der Waals surface area contributed by atoms with E-state index in [-0.39, 0.29) is 78.0 Å². The molecule has 13 heteroatoms. The highest BCUT2D eigenvalue weighted by Gasteiger charge is 2.64. The van der Waals surface area contributed by atoms with Crippen molar-refractivity contribution in [2.24, 2.45) is 53.3 Å². The molecule has 6 aliphatic heterocycles. The summed E-state index contributed by atoms with van der Waals surface area (Å²) in [5.74, 6) is -7.18. The Bertz CT molecular complexity index is 1430. The van der Waals surface area contributed by atoms with Gasteiger partial charge in [-0.3, -0.25) is 4.79 Å². The van der Waals surface area contributed by atoms with Gasteiger partial charge in [0.15, 0.2) is 17.4 Å². The summed E-state index contributed by atoms with van der Waals surface area (Å²) in [7, 11) is 5.05. The fourth-order valence-electron chi connectivity index (χ4n) is 12.3. The summed E-state index contributed by atoms with van der Waals surface area (Å²) in [6.07, 6.45) is 0.474. The molecule has 6 heterocycles. The van der Waals surface area contributed by atoms with E-state index in [0.29, 0.717) is 12.8 Å². The van der Waals surface area contributed by atoms with Gasteiger partial charge in [-0.1, -0.05) is 55.4 Å². The third-order valence-corrected chi connectivity index (χ3v) is 16.7. The van der Waals surface area contributed by atoms with E-state index in [1.54, 1.807) is 35.2 Å². The minimum atomic E-state index is -1.94. The van der Waals surface area contributed by atoms with E-state index in [9.17, 15) is 20.1 Å². The molecule has 0 aromatic heterocycles. The van der Waals surface area contributed by atoms with Crippen molar-refractivity contribution in [1.29, 1.82) is 0 Å². The van der Waals surface area contributed by atoms with E-state index in [2.05, 4.69) is 41.5 Å². The number of methoxy groups -OCH3 is 3. The molecule has 6 fully saturated rings. The number of aliphatic carboxylic acids is 1. The van der Waals surface area contributed by atoms with Gasteiger partial charge in [0.2, 0.25) is 0 Å². The van der Waals surface area contributed by atoms with E-state index in [1.165, 1.54) is 6.92 Å². The van der Waals surface area contributed by atoms with Gasteiger partial charge in [0, 0.05) is 69.7 Å². The Morgan fingerprint density at radius 1 is 0.684 bits per heavy atom. The molecule has 0 amide bonds. The van der Waals surface area contributed by atoms with Crippen LogP contribution in [0, 0.1) is 53.3 Å². The fraction of sp³-hybridized carbons (Fsp3) is 0.977. The largest absolute Gasteiger partial charge is 0.481 e. The first-order valence-electron chi connectivity index (χ1n) is 21.8. The highest BCUT2D eigenvalue weighted by molar-refractivity contribution is 5.70. The maximum Gasteiger partial charge on any atom is 0.311 e. The van der Waals surface area contributed by atoms with Gasteiger partial charge in [0.25, 0.3) is 0 Å². The van der Waals surface area contributed by atoms with Crippen molar-refractivity contribution in [3.8, 4) is 0 Å². The summed E-state index contributed by atoms with van der Waals surface area (Å²) in [4.78, 5) is 12.2. The topological polar surface area (TPSA) is 161 Å². The van der Waals surface area contributed by atoms with Gasteiger partial charge in [-0.05, 0) is 58.8 Å². The van der Waals surface area contributed by atoms with Crippen LogP contribution in [0.4, 0.5) is 0 Å². The van der Waals surface area contributed by atoms with Crippen molar-refractivity contribution in [2.45, 2.75) is 199 Å². The highest BCUT2D eigenvalue weighted by Crippen LogP contribution is 2.56. The molecule has 6 saturated heterocycles. The van der Waals surface area contributed by atoms with Crippen molar-refractivity contribution in [3.05, 3.63) is 0 Å². The predicted octanol–water partition coefficient (Wildman–Crippen LogP) is 5.80. The van der Waals surface area contributed by atoms with Crippen LogP contribution in [0.3, 0.4) is 0 Å². The Morgan fingerprint density at radius 3 is 1.91 bits per heavy atom. The second-order valence-electron chi connectivity index (χ2n) is 20.0. The van der Waals surface area contributed by atoms with Gasteiger partial charge >= 0.3 is 5.97 Å². The lowest BCUT2D eigenvalue weighted by Crippen LogP contribution is -2.65. The zero-order valence-corrected chi connectivity index (χ0v) is 37.4. The highest BCUT2D eigenvalue weighted by atomic mass is 16.7. The van der Waals surface area contributed by atoms with Gasteiger partial charge in [0.1, 0.15) is 12.0 Å². The fourth-order valence-corrected chi connectivity index (χ4v) is 12.3. The number of hydrogen-bond donors (Lipinski definition) is 3. The molecule has 0 aromatic carbocycles. The summed E-state index contributed by atoms with van der Waals surface area (Å²) in [6.45, 7) is 24.1. The summed E-state index contributed by atoms with van der Waals surface area (Å²) in [5, 5.41) is 33.1. The van der Waals surface area contributed by atoms with E-state index in [0.717, 1.165) is 19.3 Å². The molecule has 0 radical (unpaired) electrons. The molecule has 3 N–H and O–H groups in total. The van der Waals surface area contributed by atoms with Crippen molar-refractivity contribution in [1.82, 2.24) is 0 Å². The Balaban J connectivity index is 1.19. The molecule has 13 nitrogen and oxygen atoms in total. The third-order valence-electron chi connectivity index (χ3n) is 16.7. The SMILES string of the molecule is CO[C@@H]1[C@@H](C)[C@H]([C@@H](C)[C@H]2OC3(CC[C@@](C)([C@H]4CC[C@@](C)([C@@H]5OC(C6O[C@](C)(O)[C@H](C)[C@@H](C)[C@@H]6C)[C@H](OC)[C@@H]5C)O4)O3)C[C@H](OC)[C@H]2C)O[C@](O)([C@H](C)C(=O)O)[C@@H]1C. The standard InChI is InChI=1S/C44H76O13/c1-21-22(2)36(54-42(12,47)27(21)7)37-35(51-15)26(6)38(52-37)41(11)17-16-31(53-41)40(10)18-19-43(57-40)20-30(49-13)23(3)32(55-43)24(4)33-25(5)34(50-14)28(8)44(48,56-33)29(9)39(45)46/h21-38,47-48H,16-20H2,1-15H3,(H,45,46)/t21-,22-,23+,24-,25-,26-,27+,28+,29+,30-,31+,32-,33-,34+,35+,36?,37?,38+,40-,41-,42-,43?,44-/m0/s1. The quantitative estimate of drug-likeness (QED) is 0.243. The van der Waals surface area contributed by atoms with Gasteiger partial charge < -0.3 is 58.0 Å². The molecule has 1 spiro atoms. The second-order valence-corrected chi connectivity index (χ2v) is 20.0. The van der Waals surface area contributed by atoms with Gasteiger partial charge in [0.05, 0.1) is 60.0 Å². The summed E-state index contributed by atoms with van der Waals surface area (Å²) < 4.78 is 59.5. The van der Waals surface area contributed by atoms with Gasteiger partial charge in [-0.2, -0.15) is 0 Å². The molecule has 0 bridgehead atoms. The zero-order chi connectivity index (χ0) is 42.4. The maximum atomic E-state index is 12.2. The van der Waals surface area contributed by atoms with Crippen molar-refractivity contribution in [2.75, 3.05) is 21.3 Å². The first kappa shape index (κ1) is 45.6. The minimum absolute atomic E-state index is 0.0110. The van der Waals surface area contributed by atoms with Crippen LogP contribution in [0.2, 0.25) is 0 Å². The van der Waals surface area contributed by atoms with Crippen LogP contribution in [-0.4, -0.2) is 126 Å². The monoisotopic (exact) mass is 813 g/mol. The Morgan fingerprint density at radius 2 is 1.32 bits per heavy atom. The Kier molecular flexibility index (Phi) is 12.8.